The van der Waals surface area contributed by atoms with Gasteiger partial charge in [-0.05, 0) is 36.4 Å². The predicted molar refractivity (Wildman–Crippen MR) is 85.5 cm³/mol. The minimum atomic E-state index is -0.342. The van der Waals surface area contributed by atoms with Crippen molar-refractivity contribution in [3.05, 3.63) is 60.2 Å². The lowest BCUT2D eigenvalue weighted by molar-refractivity contribution is -0.116. The van der Waals surface area contributed by atoms with Crippen LogP contribution < -0.4 is 5.32 Å². The summed E-state index contributed by atoms with van der Waals surface area (Å²) in [7, 11) is 1.59. The molecule has 23 heavy (non-hydrogen) atoms. The summed E-state index contributed by atoms with van der Waals surface area (Å²) in [6, 6.07) is 13.3. The van der Waals surface area contributed by atoms with E-state index in [9.17, 15) is 9.18 Å². The minimum absolute atomic E-state index is 0.108. The first-order valence-electron chi connectivity index (χ1n) is 7.16. The van der Waals surface area contributed by atoms with Gasteiger partial charge in [0, 0.05) is 12.8 Å². The Morgan fingerprint density at radius 2 is 1.96 bits per heavy atom. The van der Waals surface area contributed by atoms with E-state index in [0.717, 1.165) is 11.0 Å². The van der Waals surface area contributed by atoms with Crippen molar-refractivity contribution in [2.24, 2.45) is 0 Å². The maximum absolute atomic E-state index is 12.9. The molecule has 1 heterocycles. The maximum atomic E-state index is 12.9. The maximum Gasteiger partial charge on any atom is 0.244 e. The van der Waals surface area contributed by atoms with Crippen LogP contribution in [0.25, 0.3) is 11.0 Å². The molecule has 3 aromatic rings. The number of imidazole rings is 1. The van der Waals surface area contributed by atoms with Crippen molar-refractivity contribution in [1.82, 2.24) is 9.55 Å². The molecule has 0 aliphatic heterocycles. The van der Waals surface area contributed by atoms with Gasteiger partial charge in [-0.15, -0.1) is 0 Å². The molecule has 1 amide bonds. The van der Waals surface area contributed by atoms with Crippen molar-refractivity contribution in [2.45, 2.75) is 13.2 Å². The van der Waals surface area contributed by atoms with E-state index in [1.165, 1.54) is 24.3 Å². The molecule has 1 aromatic heterocycles. The number of nitrogens with zero attached hydrogens (tertiary/aromatic N) is 2. The Morgan fingerprint density at radius 1 is 1.22 bits per heavy atom. The highest BCUT2D eigenvalue weighted by Gasteiger charge is 2.13. The molecule has 0 atom stereocenters. The third-order valence-electron chi connectivity index (χ3n) is 3.44. The summed E-state index contributed by atoms with van der Waals surface area (Å²) < 4.78 is 19.9. The molecule has 0 saturated heterocycles. The first kappa shape index (κ1) is 15.2. The topological polar surface area (TPSA) is 56.2 Å². The summed E-state index contributed by atoms with van der Waals surface area (Å²) >= 11 is 0. The number of para-hydroxylation sites is 2. The average Bonchev–Trinajstić information content (AvgIpc) is 2.88. The second kappa shape index (κ2) is 6.58. The van der Waals surface area contributed by atoms with Gasteiger partial charge in [-0.1, -0.05) is 12.1 Å². The molecule has 0 fully saturated rings. The summed E-state index contributed by atoms with van der Waals surface area (Å²) in [6.07, 6.45) is 0. The van der Waals surface area contributed by atoms with Crippen molar-refractivity contribution in [2.75, 3.05) is 12.4 Å². The molecule has 0 unspecified atom stereocenters. The van der Waals surface area contributed by atoms with Gasteiger partial charge in [-0.25, -0.2) is 9.37 Å². The van der Waals surface area contributed by atoms with Crippen LogP contribution in [-0.2, 0) is 22.7 Å². The highest BCUT2D eigenvalue weighted by atomic mass is 19.1. The van der Waals surface area contributed by atoms with E-state index in [2.05, 4.69) is 10.3 Å². The highest BCUT2D eigenvalue weighted by Crippen LogP contribution is 2.17. The fourth-order valence-electron chi connectivity index (χ4n) is 2.42. The summed E-state index contributed by atoms with van der Waals surface area (Å²) in [4.78, 5) is 16.8. The summed E-state index contributed by atoms with van der Waals surface area (Å²) in [5, 5.41) is 2.75. The van der Waals surface area contributed by atoms with Crippen molar-refractivity contribution < 1.29 is 13.9 Å². The lowest BCUT2D eigenvalue weighted by Crippen LogP contribution is -2.20. The molecule has 118 valence electrons. The molecular weight excluding hydrogens is 297 g/mol. The van der Waals surface area contributed by atoms with Gasteiger partial charge < -0.3 is 14.6 Å². The van der Waals surface area contributed by atoms with Gasteiger partial charge in [0.1, 0.15) is 24.8 Å². The number of amides is 1. The van der Waals surface area contributed by atoms with E-state index in [0.29, 0.717) is 18.1 Å². The van der Waals surface area contributed by atoms with E-state index < -0.39 is 0 Å². The molecule has 5 nitrogen and oxygen atoms in total. The Hall–Kier alpha value is -2.73. The summed E-state index contributed by atoms with van der Waals surface area (Å²) in [6.45, 7) is 0.426. The number of nitrogens with one attached hydrogen (secondary N) is 1. The van der Waals surface area contributed by atoms with Crippen molar-refractivity contribution in [1.29, 1.82) is 0 Å². The van der Waals surface area contributed by atoms with Gasteiger partial charge in [-0.3, -0.25) is 4.79 Å². The van der Waals surface area contributed by atoms with Gasteiger partial charge >= 0.3 is 0 Å². The second-order valence-electron chi connectivity index (χ2n) is 5.09. The zero-order valence-electron chi connectivity index (χ0n) is 12.6. The number of halogens is 1. The third-order valence-corrected chi connectivity index (χ3v) is 3.44. The lowest BCUT2D eigenvalue weighted by atomic mass is 10.3. The van der Waals surface area contributed by atoms with Gasteiger partial charge in [0.15, 0.2) is 0 Å². The molecule has 0 aliphatic carbocycles. The molecule has 3 rings (SSSR count). The normalized spacial score (nSPS) is 10.9. The molecule has 0 saturated carbocycles. The lowest BCUT2D eigenvalue weighted by Gasteiger charge is -2.09. The largest absolute Gasteiger partial charge is 0.377 e. The first-order chi connectivity index (χ1) is 11.2. The number of methoxy groups -OCH3 is 1. The second-order valence-corrected chi connectivity index (χ2v) is 5.09. The van der Waals surface area contributed by atoms with Crippen LogP contribution in [0.2, 0.25) is 0 Å². The van der Waals surface area contributed by atoms with Gasteiger partial charge in [0.05, 0.1) is 11.0 Å². The number of carbonyl (C=O) groups is 1. The van der Waals surface area contributed by atoms with Crippen LogP contribution in [0.4, 0.5) is 10.1 Å². The van der Waals surface area contributed by atoms with Crippen LogP contribution in [0.15, 0.2) is 48.5 Å². The van der Waals surface area contributed by atoms with Crippen LogP contribution >= 0.6 is 0 Å². The molecule has 0 spiro atoms. The third kappa shape index (κ3) is 3.37. The van der Waals surface area contributed by atoms with E-state index >= 15 is 0 Å². The number of anilines is 1. The van der Waals surface area contributed by atoms with Gasteiger partial charge in [0.2, 0.25) is 5.91 Å². The van der Waals surface area contributed by atoms with Crippen LogP contribution in [0.1, 0.15) is 5.82 Å². The molecule has 6 heteroatoms. The quantitative estimate of drug-likeness (QED) is 0.788. The van der Waals surface area contributed by atoms with Crippen molar-refractivity contribution >= 4 is 22.6 Å². The Balaban J connectivity index is 1.83. The molecule has 0 aliphatic rings. The number of ether oxygens (including phenoxy) is 1. The smallest absolute Gasteiger partial charge is 0.244 e. The number of rotatable bonds is 5. The van der Waals surface area contributed by atoms with Crippen LogP contribution in [-0.4, -0.2) is 22.6 Å². The Morgan fingerprint density at radius 3 is 2.70 bits per heavy atom. The first-order valence-corrected chi connectivity index (χ1v) is 7.16. The van der Waals surface area contributed by atoms with Gasteiger partial charge in [-0.2, -0.15) is 0 Å². The van der Waals surface area contributed by atoms with E-state index in [1.807, 2.05) is 28.8 Å². The molecule has 0 radical (unpaired) electrons. The van der Waals surface area contributed by atoms with E-state index in [4.69, 9.17) is 4.74 Å². The van der Waals surface area contributed by atoms with Crippen molar-refractivity contribution in [3.8, 4) is 0 Å². The zero-order valence-corrected chi connectivity index (χ0v) is 12.6. The molecular formula is C17H16FN3O2. The van der Waals surface area contributed by atoms with Crippen LogP contribution in [0.5, 0.6) is 0 Å². The Labute approximate surface area is 132 Å². The SMILES string of the molecule is COCc1nc2ccccc2n1CC(=O)Nc1ccc(F)cc1. The zero-order chi connectivity index (χ0) is 16.2. The highest BCUT2D eigenvalue weighted by molar-refractivity contribution is 5.91. The molecule has 1 N–H and O–H groups in total. The van der Waals surface area contributed by atoms with E-state index in [1.54, 1.807) is 7.11 Å². The molecule has 0 bridgehead atoms. The number of carbonyl (C=O) groups excluding carboxylic acids is 1. The Kier molecular flexibility index (Phi) is 4.34. The fraction of sp³-hybridized carbons (Fsp3) is 0.176. The Bertz CT molecular complexity index is 827. The monoisotopic (exact) mass is 313 g/mol. The predicted octanol–water partition coefficient (Wildman–Crippen LogP) is 2.96. The minimum Gasteiger partial charge on any atom is -0.377 e. The number of fused-ring (bicyclic) bond motifs is 1. The molecule has 2 aromatic carbocycles. The fourth-order valence-corrected chi connectivity index (χ4v) is 2.42. The number of hydrogen-bond acceptors (Lipinski definition) is 3. The van der Waals surface area contributed by atoms with Crippen molar-refractivity contribution in [3.63, 3.8) is 0 Å². The number of hydrogen-bond donors (Lipinski definition) is 1. The number of benzene rings is 2. The summed E-state index contributed by atoms with van der Waals surface area (Å²) in [5.41, 5.74) is 2.23. The summed E-state index contributed by atoms with van der Waals surface area (Å²) in [5.74, 6) is 0.131. The van der Waals surface area contributed by atoms with Crippen LogP contribution in [0.3, 0.4) is 0 Å². The number of aromatic nitrogens is 2. The van der Waals surface area contributed by atoms with Crippen LogP contribution in [0, 0.1) is 5.82 Å². The van der Waals surface area contributed by atoms with E-state index in [-0.39, 0.29) is 18.3 Å². The standard InChI is InChI=1S/C17H16FN3O2/c1-23-11-16-20-14-4-2-3-5-15(14)21(16)10-17(22)19-13-8-6-12(18)7-9-13/h2-9H,10-11H2,1H3,(H,19,22). The average molecular weight is 313 g/mol. The van der Waals surface area contributed by atoms with Gasteiger partial charge in [0.25, 0.3) is 0 Å².